The number of aliphatic hydroxyl groups excluding tert-OH is 1. The zero-order valence-corrected chi connectivity index (χ0v) is 41.2. The molecule has 10 atom stereocenters. The standard InChI is InChI=1S/C52H48Cl3NO17/c1-29(57)22-25-37(58)69-41-42(70-46(61)33-17-8-4-9-18-33)44(71-47(62)34-19-10-5-11-20-34)50(73-43(41)48(63)65-2)72-40-38(56-51(64)52(53,54)55)49(67-27-30-23-24-31-14-12-13-21-35(31)26-30)68-36(39(40)59)28-66-45(60)32-15-6-3-7-16-32/h3-21,23-24,26,36,38-44,49-50,59H,22,25,27-28H2,1-2H3,(H,56,64)/t36-,38-,39+,40-,41+,42+,43+,44-,49-,50-/m1/s1. The van der Waals surface area contributed by atoms with Crippen molar-refractivity contribution in [1.82, 2.24) is 5.32 Å². The zero-order valence-electron chi connectivity index (χ0n) is 38.9. The molecule has 73 heavy (non-hydrogen) atoms. The van der Waals surface area contributed by atoms with Gasteiger partial charge in [-0.05, 0) is 65.7 Å². The lowest BCUT2D eigenvalue weighted by atomic mass is 9.94. The normalized spacial score (nSPS) is 23.8. The fourth-order valence-electron chi connectivity index (χ4n) is 7.86. The number of fused-ring (bicyclic) bond motifs is 1. The van der Waals surface area contributed by atoms with Gasteiger partial charge in [0.2, 0.25) is 0 Å². The Morgan fingerprint density at radius 3 is 1.77 bits per heavy atom. The summed E-state index contributed by atoms with van der Waals surface area (Å²) in [6.45, 7) is 0.350. The van der Waals surface area contributed by atoms with Crippen LogP contribution >= 0.6 is 34.8 Å². The van der Waals surface area contributed by atoms with Crippen LogP contribution in [-0.2, 0) is 68.4 Å². The number of benzene rings is 5. The van der Waals surface area contributed by atoms with E-state index in [1.807, 2.05) is 36.4 Å². The maximum atomic E-state index is 14.1. The number of aliphatic hydroxyl groups is 1. The fourth-order valence-corrected chi connectivity index (χ4v) is 8.02. The van der Waals surface area contributed by atoms with E-state index < -0.39 is 114 Å². The van der Waals surface area contributed by atoms with Crippen molar-refractivity contribution in [2.45, 2.75) is 91.5 Å². The second kappa shape index (κ2) is 25.0. The van der Waals surface area contributed by atoms with E-state index in [-0.39, 0.29) is 35.5 Å². The highest BCUT2D eigenvalue weighted by Gasteiger charge is 2.59. The van der Waals surface area contributed by atoms with Crippen LogP contribution in [0.2, 0.25) is 0 Å². The summed E-state index contributed by atoms with van der Waals surface area (Å²) in [5, 5.41) is 16.6. The number of hydrogen-bond acceptors (Lipinski definition) is 17. The van der Waals surface area contributed by atoms with Crippen molar-refractivity contribution in [1.29, 1.82) is 0 Å². The van der Waals surface area contributed by atoms with Gasteiger partial charge in [0.25, 0.3) is 9.70 Å². The predicted octanol–water partition coefficient (Wildman–Crippen LogP) is 6.17. The van der Waals surface area contributed by atoms with Crippen LogP contribution < -0.4 is 5.32 Å². The van der Waals surface area contributed by atoms with Crippen molar-refractivity contribution in [2.24, 2.45) is 0 Å². The number of ether oxygens (including phenoxy) is 9. The lowest BCUT2D eigenvalue weighted by molar-refractivity contribution is -0.340. The first-order valence-corrected chi connectivity index (χ1v) is 23.8. The number of esters is 5. The highest BCUT2D eigenvalue weighted by atomic mass is 35.6. The Morgan fingerprint density at radius 1 is 0.630 bits per heavy atom. The van der Waals surface area contributed by atoms with E-state index in [4.69, 9.17) is 77.4 Å². The lowest BCUT2D eigenvalue weighted by Gasteiger charge is -2.48. The summed E-state index contributed by atoms with van der Waals surface area (Å²) in [6.07, 6.45) is -18.2. The molecule has 0 spiro atoms. The van der Waals surface area contributed by atoms with Gasteiger partial charge in [0.1, 0.15) is 36.7 Å². The molecule has 1 amide bonds. The quantitative estimate of drug-likeness (QED) is 0.0567. The molecule has 0 bridgehead atoms. The van der Waals surface area contributed by atoms with Crippen LogP contribution in [0.5, 0.6) is 0 Å². The van der Waals surface area contributed by atoms with E-state index in [0.29, 0.717) is 5.56 Å². The van der Waals surface area contributed by atoms with E-state index in [1.54, 1.807) is 36.4 Å². The molecule has 2 aliphatic rings. The van der Waals surface area contributed by atoms with Crippen LogP contribution in [-0.4, -0.2) is 126 Å². The Labute approximate surface area is 432 Å². The summed E-state index contributed by atoms with van der Waals surface area (Å²) in [6, 6.07) is 34.1. The Morgan fingerprint density at radius 2 is 1.19 bits per heavy atom. The largest absolute Gasteiger partial charge is 0.467 e. The molecule has 0 aromatic heterocycles. The summed E-state index contributed by atoms with van der Waals surface area (Å²) in [7, 11) is 0.978. The first-order chi connectivity index (χ1) is 35.0. The van der Waals surface area contributed by atoms with Crippen molar-refractivity contribution >= 4 is 87.1 Å². The number of hydrogen-bond donors (Lipinski definition) is 2. The number of rotatable bonds is 18. The molecule has 384 valence electrons. The summed E-state index contributed by atoms with van der Waals surface area (Å²) >= 11 is 18.3. The van der Waals surface area contributed by atoms with Gasteiger partial charge in [-0.1, -0.05) is 126 Å². The molecule has 0 unspecified atom stereocenters. The van der Waals surface area contributed by atoms with Gasteiger partial charge < -0.3 is 57.8 Å². The molecule has 0 radical (unpaired) electrons. The number of Topliss-reactive ketones (excluding diaryl/α,β-unsaturated/α-hetero) is 1. The van der Waals surface area contributed by atoms with E-state index in [9.17, 15) is 38.7 Å². The highest BCUT2D eigenvalue weighted by molar-refractivity contribution is 6.76. The molecule has 21 heteroatoms. The Balaban J connectivity index is 1.33. The topological polar surface area (TPSA) is 235 Å². The van der Waals surface area contributed by atoms with Gasteiger partial charge >= 0.3 is 29.8 Å². The van der Waals surface area contributed by atoms with E-state index in [1.165, 1.54) is 67.6 Å². The number of methoxy groups -OCH3 is 1. The Bertz CT molecular complexity index is 2750. The zero-order chi connectivity index (χ0) is 52.2. The molecule has 2 saturated heterocycles. The molecule has 18 nitrogen and oxygen atoms in total. The van der Waals surface area contributed by atoms with Gasteiger partial charge in [-0.2, -0.15) is 0 Å². The summed E-state index contributed by atoms with van der Waals surface area (Å²) in [5.74, 6) is -6.88. The van der Waals surface area contributed by atoms with Gasteiger partial charge in [-0.3, -0.25) is 9.59 Å². The second-order valence-electron chi connectivity index (χ2n) is 16.7. The third-order valence-electron chi connectivity index (χ3n) is 11.5. The Hall–Kier alpha value is -6.48. The monoisotopic (exact) mass is 1060 g/mol. The second-order valence-corrected chi connectivity index (χ2v) is 18.9. The fraction of sp³-hybridized carbons (Fsp3) is 0.327. The van der Waals surface area contributed by atoms with Crippen LogP contribution in [0.15, 0.2) is 133 Å². The summed E-state index contributed by atoms with van der Waals surface area (Å²) < 4.78 is 51.3. The van der Waals surface area contributed by atoms with Gasteiger partial charge in [-0.15, -0.1) is 0 Å². The molecule has 0 aliphatic carbocycles. The van der Waals surface area contributed by atoms with Crippen molar-refractivity contribution in [3.05, 3.63) is 156 Å². The van der Waals surface area contributed by atoms with Crippen molar-refractivity contribution in [2.75, 3.05) is 13.7 Å². The number of amides is 1. The summed E-state index contributed by atoms with van der Waals surface area (Å²) in [4.78, 5) is 94.4. The number of nitrogens with one attached hydrogen (secondary N) is 1. The number of carbonyl (C=O) groups excluding carboxylic acids is 7. The molecule has 2 fully saturated rings. The van der Waals surface area contributed by atoms with Gasteiger partial charge in [-0.25, -0.2) is 19.2 Å². The predicted molar refractivity (Wildman–Crippen MR) is 259 cm³/mol. The smallest absolute Gasteiger partial charge is 0.339 e. The van der Waals surface area contributed by atoms with Crippen LogP contribution in [0.3, 0.4) is 0 Å². The van der Waals surface area contributed by atoms with Gasteiger partial charge in [0.15, 0.2) is 37.0 Å². The van der Waals surface area contributed by atoms with Gasteiger partial charge in [0, 0.05) is 6.42 Å². The molecule has 2 N–H and O–H groups in total. The third-order valence-corrected chi connectivity index (χ3v) is 12.0. The number of halogens is 3. The van der Waals surface area contributed by atoms with E-state index in [0.717, 1.165) is 17.9 Å². The van der Waals surface area contributed by atoms with Crippen LogP contribution in [0, 0.1) is 0 Å². The molecule has 7 rings (SSSR count). The molecule has 5 aromatic carbocycles. The SMILES string of the molecule is COC(=O)[C@H]1O[C@@H](O[C@H]2[C@@H](O)[C@@H](COC(=O)c3ccccc3)O[C@@H](OCc3ccc4ccccc4c3)[C@@H]2NC(=O)C(Cl)(Cl)Cl)[C@H](OC(=O)c2ccccc2)[C@@H](OC(=O)c2ccccc2)[C@@H]1OC(=O)CCC(C)=O. The first-order valence-electron chi connectivity index (χ1n) is 22.6. The highest BCUT2D eigenvalue weighted by Crippen LogP contribution is 2.36. The Kier molecular flexibility index (Phi) is 18.6. The maximum Gasteiger partial charge on any atom is 0.339 e. The summed E-state index contributed by atoms with van der Waals surface area (Å²) in [5.41, 5.74) is 0.684. The van der Waals surface area contributed by atoms with Crippen LogP contribution in [0.4, 0.5) is 0 Å². The van der Waals surface area contributed by atoms with Crippen LogP contribution in [0.1, 0.15) is 56.4 Å². The number of alkyl halides is 3. The van der Waals surface area contributed by atoms with Crippen molar-refractivity contribution in [3.63, 3.8) is 0 Å². The number of carbonyl (C=O) groups is 7. The molecular weight excluding hydrogens is 1020 g/mol. The molecule has 0 saturated carbocycles. The minimum Gasteiger partial charge on any atom is -0.467 e. The molecule has 5 aromatic rings. The molecule has 2 aliphatic heterocycles. The molecular formula is C52H48Cl3NO17. The minimum absolute atomic E-state index is 0.0375. The average molecular weight is 1070 g/mol. The van der Waals surface area contributed by atoms with E-state index in [2.05, 4.69) is 5.32 Å². The molecule has 2 heterocycles. The third kappa shape index (κ3) is 14.2. The lowest BCUT2D eigenvalue weighted by Crippen LogP contribution is -2.69. The average Bonchev–Trinajstić information content (AvgIpc) is 3.39. The van der Waals surface area contributed by atoms with Crippen molar-refractivity contribution < 1.29 is 81.3 Å². The van der Waals surface area contributed by atoms with E-state index >= 15 is 0 Å². The van der Waals surface area contributed by atoms with Gasteiger partial charge in [0.05, 0.1) is 36.8 Å². The maximum absolute atomic E-state index is 14.1. The van der Waals surface area contributed by atoms with Crippen molar-refractivity contribution in [3.8, 4) is 0 Å². The number of ketones is 1. The minimum atomic E-state index is -2.65. The van der Waals surface area contributed by atoms with Crippen LogP contribution in [0.25, 0.3) is 10.8 Å². The first kappa shape index (κ1) is 54.3.